The summed E-state index contributed by atoms with van der Waals surface area (Å²) in [5, 5.41) is 0. The van der Waals surface area contributed by atoms with Crippen LogP contribution in [0.5, 0.6) is 0 Å². The zero-order valence-electron chi connectivity index (χ0n) is 12.6. The van der Waals surface area contributed by atoms with E-state index < -0.39 is 12.1 Å². The minimum atomic E-state index is -0.552. The molecule has 1 atom stereocenters. The predicted octanol–water partition coefficient (Wildman–Crippen LogP) is 0.921. The van der Waals surface area contributed by atoms with Crippen LogP contribution >= 0.6 is 0 Å². The highest BCUT2D eigenvalue weighted by atomic mass is 16.6. The lowest BCUT2D eigenvalue weighted by molar-refractivity contribution is -0.119. The Morgan fingerprint density at radius 3 is 2.55 bits per heavy atom. The van der Waals surface area contributed by atoms with Crippen LogP contribution in [0.15, 0.2) is 12.2 Å². The first kappa shape index (κ1) is 16.7. The molecule has 0 aromatic rings. The van der Waals surface area contributed by atoms with Gasteiger partial charge in [0.05, 0.1) is 19.3 Å². The zero-order valence-corrected chi connectivity index (χ0v) is 12.6. The Balaban J connectivity index is 2.30. The van der Waals surface area contributed by atoms with Gasteiger partial charge in [0, 0.05) is 26.7 Å². The van der Waals surface area contributed by atoms with Gasteiger partial charge >= 0.3 is 6.09 Å². The molecule has 0 aliphatic carbocycles. The molecular formula is C14H24N2O4. The standard InChI is InChI=1S/C14H24N2O4/c1-11(2)13(17)12(3)15(4)14(18)20-10-7-16-5-8-19-9-6-16/h12H,1,5-10H2,2-4H3. The third-order valence-electron chi connectivity index (χ3n) is 3.41. The predicted molar refractivity (Wildman–Crippen MR) is 75.7 cm³/mol. The van der Waals surface area contributed by atoms with Gasteiger partial charge in [-0.15, -0.1) is 0 Å². The Labute approximate surface area is 120 Å². The van der Waals surface area contributed by atoms with Crippen LogP contribution in [0.2, 0.25) is 0 Å². The van der Waals surface area contributed by atoms with E-state index in [-0.39, 0.29) is 5.78 Å². The van der Waals surface area contributed by atoms with E-state index in [1.54, 1.807) is 20.9 Å². The fourth-order valence-electron chi connectivity index (χ4n) is 1.88. The van der Waals surface area contributed by atoms with E-state index in [0.29, 0.717) is 18.7 Å². The van der Waals surface area contributed by atoms with Gasteiger partial charge in [0.1, 0.15) is 6.61 Å². The summed E-state index contributed by atoms with van der Waals surface area (Å²) < 4.78 is 10.4. The fraction of sp³-hybridized carbons (Fsp3) is 0.714. The Morgan fingerprint density at radius 2 is 2.00 bits per heavy atom. The van der Waals surface area contributed by atoms with Gasteiger partial charge in [-0.3, -0.25) is 9.69 Å². The Hall–Kier alpha value is -1.40. The summed E-state index contributed by atoms with van der Waals surface area (Å²) >= 11 is 0. The third kappa shape index (κ3) is 4.94. The minimum Gasteiger partial charge on any atom is -0.448 e. The van der Waals surface area contributed by atoms with Crippen LogP contribution in [0.1, 0.15) is 13.8 Å². The first-order valence-corrected chi connectivity index (χ1v) is 6.83. The first-order chi connectivity index (χ1) is 9.43. The fourth-order valence-corrected chi connectivity index (χ4v) is 1.88. The molecule has 6 heteroatoms. The van der Waals surface area contributed by atoms with Gasteiger partial charge in [0.15, 0.2) is 5.78 Å². The number of carbonyl (C=O) groups excluding carboxylic acids is 2. The van der Waals surface area contributed by atoms with Crippen molar-refractivity contribution in [3.63, 3.8) is 0 Å². The number of ether oxygens (including phenoxy) is 2. The Bertz CT molecular complexity index is 364. The molecule has 0 bridgehead atoms. The average Bonchev–Trinajstić information content (AvgIpc) is 2.45. The molecule has 0 N–H and O–H groups in total. The second kappa shape index (κ2) is 8.01. The maximum atomic E-state index is 11.8. The molecule has 1 unspecified atom stereocenters. The second-order valence-electron chi connectivity index (χ2n) is 5.00. The molecule has 1 rings (SSSR count). The summed E-state index contributed by atoms with van der Waals surface area (Å²) in [5.74, 6) is -0.155. The summed E-state index contributed by atoms with van der Waals surface area (Å²) in [4.78, 5) is 27.1. The van der Waals surface area contributed by atoms with E-state index in [4.69, 9.17) is 9.47 Å². The van der Waals surface area contributed by atoms with E-state index in [0.717, 1.165) is 26.3 Å². The van der Waals surface area contributed by atoms with Crippen LogP contribution in [-0.4, -0.2) is 74.2 Å². The van der Waals surface area contributed by atoms with Crippen LogP contribution in [0.3, 0.4) is 0 Å². The van der Waals surface area contributed by atoms with Crippen molar-refractivity contribution >= 4 is 11.9 Å². The molecule has 1 amide bonds. The first-order valence-electron chi connectivity index (χ1n) is 6.83. The molecule has 1 heterocycles. The summed E-state index contributed by atoms with van der Waals surface area (Å²) in [6.07, 6.45) is -0.486. The normalized spacial score (nSPS) is 17.4. The number of morpholine rings is 1. The number of hydrogen-bond donors (Lipinski definition) is 0. The summed E-state index contributed by atoms with van der Waals surface area (Å²) in [6.45, 7) is 11.1. The van der Waals surface area contributed by atoms with Gasteiger partial charge in [-0.25, -0.2) is 4.79 Å². The van der Waals surface area contributed by atoms with Gasteiger partial charge in [-0.1, -0.05) is 6.58 Å². The van der Waals surface area contributed by atoms with Gasteiger partial charge in [0.2, 0.25) is 0 Å². The lowest BCUT2D eigenvalue weighted by Gasteiger charge is -2.27. The lowest BCUT2D eigenvalue weighted by Crippen LogP contribution is -2.42. The highest BCUT2D eigenvalue weighted by Crippen LogP contribution is 2.05. The van der Waals surface area contributed by atoms with Crippen molar-refractivity contribution in [1.82, 2.24) is 9.80 Å². The van der Waals surface area contributed by atoms with Crippen molar-refractivity contribution in [3.8, 4) is 0 Å². The number of hydrogen-bond acceptors (Lipinski definition) is 5. The number of carbonyl (C=O) groups is 2. The lowest BCUT2D eigenvalue weighted by atomic mass is 10.1. The number of ketones is 1. The smallest absolute Gasteiger partial charge is 0.410 e. The molecule has 6 nitrogen and oxygen atoms in total. The highest BCUT2D eigenvalue weighted by Gasteiger charge is 2.23. The van der Waals surface area contributed by atoms with Gasteiger partial charge < -0.3 is 14.4 Å². The molecule has 114 valence electrons. The number of nitrogens with zero attached hydrogens (tertiary/aromatic N) is 2. The molecular weight excluding hydrogens is 260 g/mol. The van der Waals surface area contributed by atoms with Gasteiger partial charge in [-0.05, 0) is 19.4 Å². The zero-order chi connectivity index (χ0) is 15.1. The van der Waals surface area contributed by atoms with E-state index in [9.17, 15) is 9.59 Å². The van der Waals surface area contributed by atoms with Crippen molar-refractivity contribution < 1.29 is 19.1 Å². The third-order valence-corrected chi connectivity index (χ3v) is 3.41. The SMILES string of the molecule is C=C(C)C(=O)C(C)N(C)C(=O)OCCN1CCOCC1. The van der Waals surface area contributed by atoms with Gasteiger partial charge in [0.25, 0.3) is 0 Å². The molecule has 1 fully saturated rings. The van der Waals surface area contributed by atoms with Crippen molar-refractivity contribution in [2.75, 3.05) is 46.5 Å². The molecule has 0 aromatic heterocycles. The van der Waals surface area contributed by atoms with E-state index in [2.05, 4.69) is 11.5 Å². The van der Waals surface area contributed by atoms with Crippen LogP contribution in [0, 0.1) is 0 Å². The van der Waals surface area contributed by atoms with Crippen molar-refractivity contribution in [2.45, 2.75) is 19.9 Å². The van der Waals surface area contributed by atoms with Crippen LogP contribution in [0.25, 0.3) is 0 Å². The van der Waals surface area contributed by atoms with Crippen molar-refractivity contribution in [2.24, 2.45) is 0 Å². The van der Waals surface area contributed by atoms with E-state index in [1.807, 2.05) is 0 Å². The monoisotopic (exact) mass is 284 g/mol. The maximum Gasteiger partial charge on any atom is 0.410 e. The van der Waals surface area contributed by atoms with Crippen molar-refractivity contribution in [1.29, 1.82) is 0 Å². The summed E-state index contributed by atoms with van der Waals surface area (Å²) in [5.41, 5.74) is 0.436. The maximum absolute atomic E-state index is 11.8. The number of amides is 1. The molecule has 0 aromatic carbocycles. The largest absolute Gasteiger partial charge is 0.448 e. The molecule has 1 aliphatic heterocycles. The molecule has 0 spiro atoms. The molecule has 1 saturated heterocycles. The van der Waals surface area contributed by atoms with E-state index in [1.165, 1.54) is 4.90 Å². The van der Waals surface area contributed by atoms with Crippen LogP contribution in [-0.2, 0) is 14.3 Å². The topological polar surface area (TPSA) is 59.1 Å². The Morgan fingerprint density at radius 1 is 1.40 bits per heavy atom. The highest BCUT2D eigenvalue weighted by molar-refractivity contribution is 5.99. The van der Waals surface area contributed by atoms with Gasteiger partial charge in [-0.2, -0.15) is 0 Å². The summed E-state index contributed by atoms with van der Waals surface area (Å²) in [7, 11) is 1.56. The average molecular weight is 284 g/mol. The quantitative estimate of drug-likeness (QED) is 0.679. The number of Topliss-reactive ketones (excluding diaryl/α,β-unsaturated/α-hetero) is 1. The van der Waals surface area contributed by atoms with Crippen molar-refractivity contribution in [3.05, 3.63) is 12.2 Å². The molecule has 0 saturated carbocycles. The van der Waals surface area contributed by atoms with E-state index >= 15 is 0 Å². The molecule has 1 aliphatic rings. The minimum absolute atomic E-state index is 0.155. The molecule has 0 radical (unpaired) electrons. The number of rotatable bonds is 6. The van der Waals surface area contributed by atoms with Crippen LogP contribution in [0.4, 0.5) is 4.79 Å². The van der Waals surface area contributed by atoms with Crippen LogP contribution < -0.4 is 0 Å². The molecule has 20 heavy (non-hydrogen) atoms. The number of likely N-dealkylation sites (N-methyl/N-ethyl adjacent to an activating group) is 1. The Kier molecular flexibility index (Phi) is 6.67. The second-order valence-corrected chi connectivity index (χ2v) is 5.00. The summed E-state index contributed by atoms with van der Waals surface area (Å²) in [6, 6.07) is -0.552.